The summed E-state index contributed by atoms with van der Waals surface area (Å²) in [6.45, 7) is 3.72. The van der Waals surface area contributed by atoms with E-state index in [1.54, 1.807) is 14.2 Å². The molecule has 1 heterocycles. The summed E-state index contributed by atoms with van der Waals surface area (Å²) >= 11 is 0. The molecule has 1 unspecified atom stereocenters. The minimum Gasteiger partial charge on any atom is -0.383 e. The van der Waals surface area contributed by atoms with Crippen LogP contribution in [0, 0.1) is 0 Å². The zero-order valence-electron chi connectivity index (χ0n) is 10.4. The number of aromatic amines is 1. The average Bonchev–Trinajstić information content (AvgIpc) is 2.33. The van der Waals surface area contributed by atoms with Crippen LogP contribution in [0.4, 0.5) is 0 Å². The van der Waals surface area contributed by atoms with Crippen LogP contribution in [-0.2, 0) is 16.0 Å². The smallest absolute Gasteiger partial charge is 0.251 e. The Hall–Kier alpha value is -1.24. The van der Waals surface area contributed by atoms with Crippen molar-refractivity contribution in [3.8, 4) is 0 Å². The second-order valence-corrected chi connectivity index (χ2v) is 3.67. The molecule has 6 heteroatoms. The number of methoxy groups -OCH3 is 2. The zero-order valence-corrected chi connectivity index (χ0v) is 10.4. The molecule has 0 amide bonds. The van der Waals surface area contributed by atoms with Crippen LogP contribution < -0.4 is 10.9 Å². The van der Waals surface area contributed by atoms with Gasteiger partial charge in [0.25, 0.3) is 5.56 Å². The Balaban J connectivity index is 2.66. The number of ether oxygens (including phenoxy) is 2. The largest absolute Gasteiger partial charge is 0.383 e. The predicted octanol–water partition coefficient (Wildman–Crippen LogP) is 0.213. The van der Waals surface area contributed by atoms with E-state index in [1.807, 2.05) is 6.92 Å². The van der Waals surface area contributed by atoms with Crippen molar-refractivity contribution in [2.24, 2.45) is 0 Å². The van der Waals surface area contributed by atoms with E-state index in [4.69, 9.17) is 9.47 Å². The number of H-pyrrole nitrogens is 1. The lowest BCUT2D eigenvalue weighted by Crippen LogP contribution is -2.22. The van der Waals surface area contributed by atoms with Gasteiger partial charge in [0, 0.05) is 33.4 Å². The van der Waals surface area contributed by atoms with Gasteiger partial charge in [-0.15, -0.1) is 0 Å². The van der Waals surface area contributed by atoms with Crippen molar-refractivity contribution in [3.63, 3.8) is 0 Å². The van der Waals surface area contributed by atoms with Crippen molar-refractivity contribution in [3.05, 3.63) is 27.9 Å². The molecular weight excluding hydrogens is 222 g/mol. The standard InChI is InChI=1S/C11H19N3O3/c1-8(17-3)11-13-9(6-10(15)14-11)7-12-4-5-16-2/h6,8,12H,4-5,7H2,1-3H3,(H,13,14,15). The summed E-state index contributed by atoms with van der Waals surface area (Å²) < 4.78 is 10.0. The van der Waals surface area contributed by atoms with Crippen molar-refractivity contribution in [2.75, 3.05) is 27.4 Å². The molecule has 0 saturated heterocycles. The van der Waals surface area contributed by atoms with E-state index in [0.717, 1.165) is 6.54 Å². The Labute approximate surface area is 100 Å². The Kier molecular flexibility index (Phi) is 5.82. The molecule has 1 aromatic heterocycles. The van der Waals surface area contributed by atoms with Gasteiger partial charge in [-0.05, 0) is 6.92 Å². The maximum atomic E-state index is 11.4. The van der Waals surface area contributed by atoms with Gasteiger partial charge in [0.2, 0.25) is 0 Å². The molecule has 0 radical (unpaired) electrons. The Morgan fingerprint density at radius 2 is 2.29 bits per heavy atom. The highest BCUT2D eigenvalue weighted by Gasteiger charge is 2.08. The van der Waals surface area contributed by atoms with E-state index in [9.17, 15) is 4.79 Å². The summed E-state index contributed by atoms with van der Waals surface area (Å²) in [6, 6.07) is 1.48. The number of rotatable bonds is 7. The molecule has 6 nitrogen and oxygen atoms in total. The fourth-order valence-corrected chi connectivity index (χ4v) is 1.31. The number of nitrogens with one attached hydrogen (secondary N) is 2. The minimum absolute atomic E-state index is 0.164. The molecule has 0 spiro atoms. The fourth-order valence-electron chi connectivity index (χ4n) is 1.31. The van der Waals surface area contributed by atoms with E-state index in [0.29, 0.717) is 24.7 Å². The maximum absolute atomic E-state index is 11.4. The highest BCUT2D eigenvalue weighted by atomic mass is 16.5. The van der Waals surface area contributed by atoms with Gasteiger partial charge in [0.05, 0.1) is 12.3 Å². The number of hydrogen-bond donors (Lipinski definition) is 2. The normalized spacial score (nSPS) is 12.6. The second-order valence-electron chi connectivity index (χ2n) is 3.67. The molecule has 0 aliphatic heterocycles. The molecule has 0 fully saturated rings. The summed E-state index contributed by atoms with van der Waals surface area (Å²) in [5, 5.41) is 3.13. The van der Waals surface area contributed by atoms with Gasteiger partial charge in [0.1, 0.15) is 11.9 Å². The topological polar surface area (TPSA) is 76.2 Å². The molecule has 2 N–H and O–H groups in total. The SMILES string of the molecule is COCCNCc1cc(=O)[nH]c(C(C)OC)n1. The van der Waals surface area contributed by atoms with Gasteiger partial charge in [-0.25, -0.2) is 4.98 Å². The first-order valence-electron chi connectivity index (χ1n) is 5.50. The lowest BCUT2D eigenvalue weighted by atomic mass is 10.3. The molecule has 1 aromatic rings. The second kappa shape index (κ2) is 7.16. The molecule has 1 atom stereocenters. The number of nitrogens with zero attached hydrogens (tertiary/aromatic N) is 1. The van der Waals surface area contributed by atoms with Crippen LogP contribution in [0.15, 0.2) is 10.9 Å². The third kappa shape index (κ3) is 4.64. The Morgan fingerprint density at radius 1 is 1.53 bits per heavy atom. The molecule has 17 heavy (non-hydrogen) atoms. The molecule has 1 rings (SSSR count). The minimum atomic E-state index is -0.221. The van der Waals surface area contributed by atoms with Crippen molar-refractivity contribution in [1.82, 2.24) is 15.3 Å². The molecule has 0 bridgehead atoms. The van der Waals surface area contributed by atoms with Crippen LogP contribution in [0.3, 0.4) is 0 Å². The molecular formula is C11H19N3O3. The number of hydrogen-bond acceptors (Lipinski definition) is 5. The molecule has 0 aliphatic carbocycles. The zero-order chi connectivity index (χ0) is 12.7. The highest BCUT2D eigenvalue weighted by Crippen LogP contribution is 2.08. The lowest BCUT2D eigenvalue weighted by molar-refractivity contribution is 0.111. The molecule has 0 aromatic carbocycles. The van der Waals surface area contributed by atoms with E-state index in [1.165, 1.54) is 6.07 Å². The number of aromatic nitrogens is 2. The van der Waals surface area contributed by atoms with Gasteiger partial charge >= 0.3 is 0 Å². The van der Waals surface area contributed by atoms with Gasteiger partial charge in [-0.1, -0.05) is 0 Å². The van der Waals surface area contributed by atoms with Gasteiger partial charge in [-0.3, -0.25) is 4.79 Å². The van der Waals surface area contributed by atoms with Gasteiger partial charge in [-0.2, -0.15) is 0 Å². The quantitative estimate of drug-likeness (QED) is 0.667. The average molecular weight is 241 g/mol. The lowest BCUT2D eigenvalue weighted by Gasteiger charge is -2.10. The summed E-state index contributed by atoms with van der Waals surface area (Å²) in [6.07, 6.45) is -0.221. The predicted molar refractivity (Wildman–Crippen MR) is 63.9 cm³/mol. The van der Waals surface area contributed by atoms with Crippen molar-refractivity contribution < 1.29 is 9.47 Å². The van der Waals surface area contributed by atoms with Crippen LogP contribution in [0.1, 0.15) is 24.5 Å². The van der Waals surface area contributed by atoms with Crippen LogP contribution >= 0.6 is 0 Å². The third-order valence-corrected chi connectivity index (χ3v) is 2.34. The molecule has 0 saturated carbocycles. The highest BCUT2D eigenvalue weighted by molar-refractivity contribution is 5.04. The van der Waals surface area contributed by atoms with E-state index >= 15 is 0 Å². The first kappa shape index (κ1) is 13.8. The summed E-state index contributed by atoms with van der Waals surface area (Å²) in [4.78, 5) is 18.4. The summed E-state index contributed by atoms with van der Waals surface area (Å²) in [7, 11) is 3.22. The molecule has 0 aliphatic rings. The Bertz CT molecular complexity index is 392. The van der Waals surface area contributed by atoms with Crippen molar-refractivity contribution in [1.29, 1.82) is 0 Å². The van der Waals surface area contributed by atoms with E-state index < -0.39 is 0 Å². The first-order chi connectivity index (χ1) is 8.17. The fraction of sp³-hybridized carbons (Fsp3) is 0.636. The Morgan fingerprint density at radius 3 is 2.94 bits per heavy atom. The third-order valence-electron chi connectivity index (χ3n) is 2.34. The van der Waals surface area contributed by atoms with Crippen LogP contribution in [0.5, 0.6) is 0 Å². The van der Waals surface area contributed by atoms with Crippen LogP contribution in [-0.4, -0.2) is 37.3 Å². The maximum Gasteiger partial charge on any atom is 0.251 e. The first-order valence-corrected chi connectivity index (χ1v) is 5.50. The van der Waals surface area contributed by atoms with Crippen molar-refractivity contribution >= 4 is 0 Å². The summed E-state index contributed by atoms with van der Waals surface area (Å²) in [5.74, 6) is 0.545. The molecule has 96 valence electrons. The van der Waals surface area contributed by atoms with Crippen LogP contribution in [0.25, 0.3) is 0 Å². The van der Waals surface area contributed by atoms with Gasteiger partial charge < -0.3 is 19.8 Å². The van der Waals surface area contributed by atoms with Gasteiger partial charge in [0.15, 0.2) is 0 Å². The van der Waals surface area contributed by atoms with Crippen LogP contribution in [0.2, 0.25) is 0 Å². The monoisotopic (exact) mass is 241 g/mol. The van der Waals surface area contributed by atoms with E-state index in [-0.39, 0.29) is 11.7 Å². The van der Waals surface area contributed by atoms with E-state index in [2.05, 4.69) is 15.3 Å². The van der Waals surface area contributed by atoms with Crippen molar-refractivity contribution in [2.45, 2.75) is 19.6 Å². The summed E-state index contributed by atoms with van der Waals surface area (Å²) in [5.41, 5.74) is 0.534.